The Kier molecular flexibility index (Phi) is 6.19. The number of carbonyl (C=O) groups excluding carboxylic acids is 1. The zero-order valence-corrected chi connectivity index (χ0v) is 16.7. The summed E-state index contributed by atoms with van der Waals surface area (Å²) in [6, 6.07) is 30.3. The van der Waals surface area contributed by atoms with Gasteiger partial charge in [-0.2, -0.15) is 0 Å². The van der Waals surface area contributed by atoms with Crippen molar-refractivity contribution < 1.29 is 4.79 Å². The number of anilines is 1. The van der Waals surface area contributed by atoms with E-state index in [0.717, 1.165) is 22.3 Å². The van der Waals surface area contributed by atoms with Gasteiger partial charge in [-0.1, -0.05) is 60.1 Å². The molecule has 1 heterocycles. The van der Waals surface area contributed by atoms with Gasteiger partial charge in [-0.25, -0.2) is 4.98 Å². The Morgan fingerprint density at radius 1 is 0.581 bits per heavy atom. The lowest BCUT2D eigenvalue weighted by molar-refractivity contribution is 0.102. The van der Waals surface area contributed by atoms with Crippen molar-refractivity contribution in [2.24, 2.45) is 0 Å². The molecule has 0 aliphatic heterocycles. The number of pyridine rings is 1. The third-order valence-corrected chi connectivity index (χ3v) is 4.40. The zero-order valence-electron chi connectivity index (χ0n) is 16.7. The monoisotopic (exact) mass is 398 g/mol. The Labute approximate surface area is 181 Å². The topological polar surface area (TPSA) is 42.0 Å². The first-order valence-electron chi connectivity index (χ1n) is 9.78. The second kappa shape index (κ2) is 9.74. The largest absolute Gasteiger partial charge is 0.307 e. The van der Waals surface area contributed by atoms with Crippen LogP contribution in [0.2, 0.25) is 0 Å². The molecule has 3 nitrogen and oxygen atoms in total. The summed E-state index contributed by atoms with van der Waals surface area (Å²) in [5.74, 6) is 12.6. The molecule has 0 atom stereocenters. The molecule has 0 aliphatic rings. The number of amides is 1. The predicted molar refractivity (Wildman–Crippen MR) is 123 cm³/mol. The first-order chi connectivity index (χ1) is 15.3. The van der Waals surface area contributed by atoms with E-state index >= 15 is 0 Å². The van der Waals surface area contributed by atoms with Gasteiger partial charge < -0.3 is 5.32 Å². The van der Waals surface area contributed by atoms with Crippen LogP contribution in [-0.2, 0) is 0 Å². The minimum absolute atomic E-state index is 0.224. The number of rotatable bonds is 2. The molecule has 3 heteroatoms. The van der Waals surface area contributed by atoms with Crippen LogP contribution >= 0.6 is 0 Å². The standard InChI is InChI=1S/C28H18N2O/c31-28(26-18-15-24(16-19-26)12-11-22-7-3-1-4-8-22)30-27-20-17-25(21-29-27)14-13-23-9-5-2-6-10-23/h1-10,15-21H,(H,29,30,31). The number of carbonyl (C=O) groups is 1. The first kappa shape index (κ1) is 19.7. The molecule has 31 heavy (non-hydrogen) atoms. The summed E-state index contributed by atoms with van der Waals surface area (Å²) in [6.07, 6.45) is 1.65. The highest BCUT2D eigenvalue weighted by atomic mass is 16.1. The lowest BCUT2D eigenvalue weighted by atomic mass is 10.1. The molecule has 1 N–H and O–H groups in total. The molecule has 146 valence electrons. The van der Waals surface area contributed by atoms with Gasteiger partial charge >= 0.3 is 0 Å². The maximum atomic E-state index is 12.5. The molecule has 0 saturated heterocycles. The average molecular weight is 398 g/mol. The Morgan fingerprint density at radius 3 is 1.58 bits per heavy atom. The molecule has 0 aliphatic carbocycles. The van der Waals surface area contributed by atoms with E-state index in [2.05, 4.69) is 34.0 Å². The first-order valence-corrected chi connectivity index (χ1v) is 9.78. The van der Waals surface area contributed by atoms with Gasteiger partial charge in [0.2, 0.25) is 0 Å². The van der Waals surface area contributed by atoms with Crippen LogP contribution in [0, 0.1) is 23.7 Å². The highest BCUT2D eigenvalue weighted by molar-refractivity contribution is 6.03. The van der Waals surface area contributed by atoms with Gasteiger partial charge in [-0.3, -0.25) is 4.79 Å². The van der Waals surface area contributed by atoms with Crippen molar-refractivity contribution in [2.45, 2.75) is 0 Å². The average Bonchev–Trinajstić information content (AvgIpc) is 2.84. The van der Waals surface area contributed by atoms with Crippen molar-refractivity contribution in [2.75, 3.05) is 5.32 Å². The van der Waals surface area contributed by atoms with E-state index in [-0.39, 0.29) is 5.91 Å². The Bertz CT molecular complexity index is 1290. The van der Waals surface area contributed by atoms with Gasteiger partial charge in [-0.05, 0) is 60.7 Å². The maximum Gasteiger partial charge on any atom is 0.256 e. The maximum absolute atomic E-state index is 12.5. The molecule has 4 aromatic rings. The zero-order chi connectivity index (χ0) is 21.3. The smallest absolute Gasteiger partial charge is 0.256 e. The van der Waals surface area contributed by atoms with Crippen LogP contribution in [0.4, 0.5) is 5.82 Å². The van der Waals surface area contributed by atoms with Gasteiger partial charge in [0.25, 0.3) is 5.91 Å². The molecule has 1 aromatic heterocycles. The van der Waals surface area contributed by atoms with Crippen LogP contribution in [0.5, 0.6) is 0 Å². The molecule has 0 radical (unpaired) electrons. The number of nitrogens with zero attached hydrogens (tertiary/aromatic N) is 1. The fraction of sp³-hybridized carbons (Fsp3) is 0. The molecule has 0 saturated carbocycles. The van der Waals surface area contributed by atoms with Crippen LogP contribution in [0.1, 0.15) is 32.6 Å². The molecule has 0 unspecified atom stereocenters. The molecule has 3 aromatic carbocycles. The molecule has 4 rings (SSSR count). The fourth-order valence-corrected chi connectivity index (χ4v) is 2.77. The van der Waals surface area contributed by atoms with Crippen LogP contribution in [0.15, 0.2) is 103 Å². The highest BCUT2D eigenvalue weighted by Crippen LogP contribution is 2.09. The van der Waals surface area contributed by atoms with E-state index in [1.54, 1.807) is 24.4 Å². The van der Waals surface area contributed by atoms with Gasteiger partial charge in [0.05, 0.1) is 0 Å². The summed E-state index contributed by atoms with van der Waals surface area (Å²) in [5.41, 5.74) is 4.06. The van der Waals surface area contributed by atoms with Gasteiger partial charge in [0, 0.05) is 34.0 Å². The second-order valence-electron chi connectivity index (χ2n) is 6.70. The summed E-state index contributed by atoms with van der Waals surface area (Å²) >= 11 is 0. The van der Waals surface area contributed by atoms with Gasteiger partial charge in [-0.15, -0.1) is 0 Å². The lowest BCUT2D eigenvalue weighted by Crippen LogP contribution is -2.12. The Balaban J connectivity index is 1.38. The number of aromatic nitrogens is 1. The number of hydrogen-bond acceptors (Lipinski definition) is 2. The van der Waals surface area contributed by atoms with Crippen LogP contribution in [0.3, 0.4) is 0 Å². The molecular formula is C28H18N2O. The van der Waals surface area contributed by atoms with Crippen LogP contribution in [-0.4, -0.2) is 10.9 Å². The van der Waals surface area contributed by atoms with Gasteiger partial charge in [0.1, 0.15) is 5.82 Å². The quantitative estimate of drug-likeness (QED) is 0.476. The Morgan fingerprint density at radius 2 is 1.06 bits per heavy atom. The van der Waals surface area contributed by atoms with Crippen LogP contribution < -0.4 is 5.32 Å². The Hall–Kier alpha value is -4.60. The van der Waals surface area contributed by atoms with Crippen molar-refractivity contribution in [3.05, 3.63) is 131 Å². The van der Waals surface area contributed by atoms with Crippen molar-refractivity contribution in [1.29, 1.82) is 0 Å². The number of benzene rings is 3. The SMILES string of the molecule is O=C(Nc1ccc(C#Cc2ccccc2)cn1)c1ccc(C#Cc2ccccc2)cc1. The molecule has 0 bridgehead atoms. The third kappa shape index (κ3) is 5.70. The van der Waals surface area contributed by atoms with Crippen molar-refractivity contribution in [3.8, 4) is 23.7 Å². The second-order valence-corrected chi connectivity index (χ2v) is 6.70. The van der Waals surface area contributed by atoms with E-state index in [1.165, 1.54) is 0 Å². The molecular weight excluding hydrogens is 380 g/mol. The van der Waals surface area contributed by atoms with E-state index in [0.29, 0.717) is 11.4 Å². The third-order valence-electron chi connectivity index (χ3n) is 4.40. The normalized spacial score (nSPS) is 9.55. The summed E-state index contributed by atoms with van der Waals surface area (Å²) in [7, 11) is 0. The van der Waals surface area contributed by atoms with Crippen LogP contribution in [0.25, 0.3) is 0 Å². The van der Waals surface area contributed by atoms with E-state index in [4.69, 9.17) is 0 Å². The fourth-order valence-electron chi connectivity index (χ4n) is 2.77. The number of hydrogen-bond donors (Lipinski definition) is 1. The van der Waals surface area contributed by atoms with Crippen molar-refractivity contribution in [1.82, 2.24) is 4.98 Å². The lowest BCUT2D eigenvalue weighted by Gasteiger charge is -2.04. The van der Waals surface area contributed by atoms with E-state index in [9.17, 15) is 4.79 Å². The minimum atomic E-state index is -0.224. The minimum Gasteiger partial charge on any atom is -0.307 e. The summed E-state index contributed by atoms with van der Waals surface area (Å²) < 4.78 is 0. The number of nitrogens with one attached hydrogen (secondary N) is 1. The van der Waals surface area contributed by atoms with Crippen molar-refractivity contribution >= 4 is 11.7 Å². The van der Waals surface area contributed by atoms with E-state index in [1.807, 2.05) is 78.9 Å². The highest BCUT2D eigenvalue weighted by Gasteiger charge is 2.06. The molecule has 1 amide bonds. The molecule has 0 spiro atoms. The summed E-state index contributed by atoms with van der Waals surface area (Å²) in [5, 5.41) is 2.80. The molecule has 0 fully saturated rings. The predicted octanol–water partition coefficient (Wildman–Crippen LogP) is 5.13. The summed E-state index contributed by atoms with van der Waals surface area (Å²) in [6.45, 7) is 0. The summed E-state index contributed by atoms with van der Waals surface area (Å²) in [4.78, 5) is 16.8. The van der Waals surface area contributed by atoms with Crippen molar-refractivity contribution in [3.63, 3.8) is 0 Å². The van der Waals surface area contributed by atoms with Gasteiger partial charge in [0.15, 0.2) is 0 Å². The van der Waals surface area contributed by atoms with E-state index < -0.39 is 0 Å².